The third kappa shape index (κ3) is 8.66. The first kappa shape index (κ1) is 32.3. The van der Waals surface area contributed by atoms with Crippen LogP contribution in [0.5, 0.6) is 11.5 Å². The minimum absolute atomic E-state index is 0.0370. The molecule has 3 rings (SSSR count). The van der Waals surface area contributed by atoms with Gasteiger partial charge in [0.2, 0.25) is 11.8 Å². The maximum Gasteiger partial charge on any atom is 0.339 e. The minimum atomic E-state index is -4.17. The summed E-state index contributed by atoms with van der Waals surface area (Å²) in [6.45, 7) is 13.6. The highest BCUT2D eigenvalue weighted by molar-refractivity contribution is 7.87. The van der Waals surface area contributed by atoms with Gasteiger partial charge in [0.1, 0.15) is 10.6 Å². The average Bonchev–Trinajstić information content (AvgIpc) is 2.87. The van der Waals surface area contributed by atoms with Gasteiger partial charge in [-0.2, -0.15) is 13.5 Å². The number of carbonyl (C=O) groups is 2. The lowest BCUT2D eigenvalue weighted by Crippen LogP contribution is -2.20. The Kier molecular flexibility index (Phi) is 9.83. The van der Waals surface area contributed by atoms with E-state index in [4.69, 9.17) is 4.18 Å². The molecule has 9 nitrogen and oxygen atoms in total. The number of nitrogens with one attached hydrogen (secondary N) is 2. The topological polar surface area (TPSA) is 134 Å². The summed E-state index contributed by atoms with van der Waals surface area (Å²) in [6.07, 6.45) is 1.93. The average molecular weight is 594 g/mol. The van der Waals surface area contributed by atoms with Gasteiger partial charge in [0.15, 0.2) is 5.75 Å². The number of para-hydroxylation sites is 1. The number of aryl methyl sites for hydroxylation is 1. The number of phenolic OH excluding ortho intramolecular Hbond substituents is 1. The second kappa shape index (κ2) is 12.8. The summed E-state index contributed by atoms with van der Waals surface area (Å²) in [5.41, 5.74) is 5.35. The molecule has 3 N–H and O–H groups in total. The van der Waals surface area contributed by atoms with E-state index in [-0.39, 0.29) is 45.5 Å². The number of hydrogen-bond donors (Lipinski definition) is 3. The number of benzene rings is 3. The number of carbonyl (C=O) groups excluding carboxylic acids is 2. The molecule has 0 saturated heterocycles. The highest BCUT2D eigenvalue weighted by atomic mass is 32.2. The predicted molar refractivity (Wildman–Crippen MR) is 165 cm³/mol. The van der Waals surface area contributed by atoms with E-state index >= 15 is 0 Å². The Labute approximate surface area is 248 Å². The molecule has 0 spiro atoms. The van der Waals surface area contributed by atoms with Crippen LogP contribution in [0.4, 0.5) is 5.69 Å². The third-order valence-electron chi connectivity index (χ3n) is 6.40. The maximum absolute atomic E-state index is 12.8. The van der Waals surface area contributed by atoms with Gasteiger partial charge in [0, 0.05) is 24.6 Å². The number of anilines is 1. The van der Waals surface area contributed by atoms with Gasteiger partial charge < -0.3 is 14.6 Å². The van der Waals surface area contributed by atoms with Crippen molar-refractivity contribution >= 4 is 33.8 Å². The summed E-state index contributed by atoms with van der Waals surface area (Å²) in [5, 5.41) is 17.5. The number of amides is 2. The van der Waals surface area contributed by atoms with Crippen molar-refractivity contribution in [3.8, 4) is 11.5 Å². The summed E-state index contributed by atoms with van der Waals surface area (Å²) >= 11 is 0. The number of hydrogen-bond acceptors (Lipinski definition) is 7. The van der Waals surface area contributed by atoms with Crippen LogP contribution in [0.1, 0.15) is 77.1 Å². The lowest BCUT2D eigenvalue weighted by atomic mass is 9.78. The van der Waals surface area contributed by atoms with Crippen LogP contribution in [0.2, 0.25) is 0 Å². The van der Waals surface area contributed by atoms with Crippen LogP contribution in [0.25, 0.3) is 0 Å². The number of hydrazone groups is 1. The quantitative estimate of drug-likeness (QED) is 0.163. The van der Waals surface area contributed by atoms with E-state index in [1.165, 1.54) is 43.5 Å². The fourth-order valence-electron chi connectivity index (χ4n) is 4.21. The van der Waals surface area contributed by atoms with Gasteiger partial charge in [-0.15, -0.1) is 0 Å². The van der Waals surface area contributed by atoms with Crippen LogP contribution in [0.15, 0.2) is 70.7 Å². The van der Waals surface area contributed by atoms with Gasteiger partial charge in [0.05, 0.1) is 6.21 Å². The molecule has 0 saturated carbocycles. The van der Waals surface area contributed by atoms with E-state index in [0.29, 0.717) is 17.7 Å². The van der Waals surface area contributed by atoms with Crippen LogP contribution in [-0.2, 0) is 37.0 Å². The lowest BCUT2D eigenvalue weighted by molar-refractivity contribution is -0.121. The molecule has 10 heteroatoms. The zero-order valence-corrected chi connectivity index (χ0v) is 25.9. The molecule has 0 aliphatic heterocycles. The van der Waals surface area contributed by atoms with Gasteiger partial charge in [-0.3, -0.25) is 9.59 Å². The number of aromatic hydroxyl groups is 1. The van der Waals surface area contributed by atoms with E-state index in [9.17, 15) is 23.1 Å². The molecule has 0 aliphatic rings. The molecule has 0 unspecified atom stereocenters. The van der Waals surface area contributed by atoms with Gasteiger partial charge in [0.25, 0.3) is 0 Å². The second-order valence-electron chi connectivity index (χ2n) is 12.1. The molecule has 0 radical (unpaired) electrons. The molecule has 3 aromatic rings. The first-order valence-corrected chi connectivity index (χ1v) is 15.0. The van der Waals surface area contributed by atoms with Crippen LogP contribution in [-0.4, -0.2) is 31.6 Å². The Morgan fingerprint density at radius 2 is 1.50 bits per heavy atom. The predicted octanol–water partition coefficient (Wildman–Crippen LogP) is 5.80. The second-order valence-corrected chi connectivity index (χ2v) is 13.7. The van der Waals surface area contributed by atoms with Crippen molar-refractivity contribution < 1.29 is 27.3 Å². The Balaban J connectivity index is 1.68. The molecule has 0 heterocycles. The smallest absolute Gasteiger partial charge is 0.339 e. The minimum Gasteiger partial charge on any atom is -0.507 e. The molecule has 2 amide bonds. The molecule has 0 bridgehead atoms. The molecule has 0 atom stereocenters. The summed E-state index contributed by atoms with van der Waals surface area (Å²) in [5.74, 6) is -0.265. The van der Waals surface area contributed by atoms with Crippen molar-refractivity contribution in [2.45, 2.75) is 77.0 Å². The van der Waals surface area contributed by atoms with Crippen molar-refractivity contribution in [2.24, 2.45) is 5.10 Å². The van der Waals surface area contributed by atoms with Crippen molar-refractivity contribution in [2.75, 3.05) is 5.32 Å². The molecule has 224 valence electrons. The molecular weight excluding hydrogens is 554 g/mol. The van der Waals surface area contributed by atoms with Gasteiger partial charge in [-0.1, -0.05) is 65.8 Å². The number of nitrogens with zero attached hydrogens (tertiary/aromatic N) is 1. The van der Waals surface area contributed by atoms with Crippen molar-refractivity contribution in [3.05, 3.63) is 82.9 Å². The highest BCUT2D eigenvalue weighted by Gasteiger charge is 2.26. The lowest BCUT2D eigenvalue weighted by Gasteiger charge is -2.28. The Bertz CT molecular complexity index is 1550. The van der Waals surface area contributed by atoms with Crippen LogP contribution >= 0.6 is 0 Å². The van der Waals surface area contributed by atoms with Gasteiger partial charge >= 0.3 is 10.1 Å². The number of rotatable bonds is 9. The van der Waals surface area contributed by atoms with Crippen LogP contribution in [0, 0.1) is 0 Å². The van der Waals surface area contributed by atoms with E-state index in [0.717, 1.165) is 16.7 Å². The molecule has 3 aromatic carbocycles. The first-order chi connectivity index (χ1) is 19.5. The van der Waals surface area contributed by atoms with Crippen molar-refractivity contribution in [1.82, 2.24) is 5.43 Å². The molecule has 0 aliphatic carbocycles. The summed E-state index contributed by atoms with van der Waals surface area (Å²) in [6, 6.07) is 15.9. The molecular formula is C32H39N3O6S. The van der Waals surface area contributed by atoms with E-state index < -0.39 is 10.1 Å². The van der Waals surface area contributed by atoms with Crippen LogP contribution < -0.4 is 14.9 Å². The van der Waals surface area contributed by atoms with E-state index in [1.54, 1.807) is 18.2 Å². The third-order valence-corrected chi connectivity index (χ3v) is 7.65. The summed E-state index contributed by atoms with van der Waals surface area (Å²) in [4.78, 5) is 23.7. The van der Waals surface area contributed by atoms with Crippen molar-refractivity contribution in [3.63, 3.8) is 0 Å². The Morgan fingerprint density at radius 3 is 2.05 bits per heavy atom. The van der Waals surface area contributed by atoms with Crippen molar-refractivity contribution in [1.29, 1.82) is 0 Å². The summed E-state index contributed by atoms with van der Waals surface area (Å²) in [7, 11) is -4.17. The van der Waals surface area contributed by atoms with E-state index in [1.807, 2.05) is 53.7 Å². The Hall–Kier alpha value is -4.18. The fraction of sp³-hybridized carbons (Fsp3) is 0.344. The molecule has 42 heavy (non-hydrogen) atoms. The monoisotopic (exact) mass is 593 g/mol. The highest BCUT2D eigenvalue weighted by Crippen LogP contribution is 2.40. The zero-order chi connectivity index (χ0) is 31.3. The van der Waals surface area contributed by atoms with Gasteiger partial charge in [-0.25, -0.2) is 5.43 Å². The Morgan fingerprint density at radius 1 is 0.929 bits per heavy atom. The largest absolute Gasteiger partial charge is 0.507 e. The fourth-order valence-corrected chi connectivity index (χ4v) is 5.16. The standard InChI is InChI=1S/C32H39N3O6S/c1-21(36)34-24-13-15-25(16-14-24)42(39,40)41-28-11-9-8-10-23(28)20-33-35-29(37)17-12-22-18-26(31(2,3)4)30(38)27(19-22)32(5,6)7/h8-11,13-16,18-20,38H,12,17H2,1-7H3,(H,34,36)(H,35,37)/b33-20-. The SMILES string of the molecule is CC(=O)Nc1ccc(S(=O)(=O)Oc2ccccc2/C=N\NC(=O)CCc2cc(C(C)(C)C)c(O)c(C(C)(C)C)c2)cc1. The van der Waals surface area contributed by atoms with E-state index in [2.05, 4.69) is 15.8 Å². The molecule has 0 fully saturated rings. The zero-order valence-electron chi connectivity index (χ0n) is 25.1. The normalized spacial score (nSPS) is 12.3. The van der Waals surface area contributed by atoms with Crippen LogP contribution in [0.3, 0.4) is 0 Å². The first-order valence-electron chi connectivity index (χ1n) is 13.6. The van der Waals surface area contributed by atoms with Gasteiger partial charge in [-0.05, 0) is 70.3 Å². The summed E-state index contributed by atoms with van der Waals surface area (Å²) < 4.78 is 31.0. The maximum atomic E-state index is 12.8. The molecule has 0 aromatic heterocycles. The number of phenols is 1.